The van der Waals surface area contributed by atoms with Crippen LogP contribution >= 0.6 is 0 Å². The molecule has 2 aliphatic heterocycles. The smallest absolute Gasteiger partial charge is 0.407 e. The maximum atomic E-state index is 13.6. The van der Waals surface area contributed by atoms with E-state index in [0.717, 1.165) is 28.7 Å². The SMILES string of the molecule is CC(C)(C)[C@H](NC(=O)OCC1c2ccccc2-c2ccccc21)C(=O)N1[C@@H]2CC[C@H]1[C@@H](C(=O)O)C2. The van der Waals surface area contributed by atoms with E-state index in [-0.39, 0.29) is 30.5 Å². The van der Waals surface area contributed by atoms with E-state index in [4.69, 9.17) is 4.74 Å². The molecule has 5 rings (SSSR count). The summed E-state index contributed by atoms with van der Waals surface area (Å²) in [5.41, 5.74) is 3.98. The molecule has 0 radical (unpaired) electrons. The molecule has 2 aromatic carbocycles. The molecular formula is C28H32N2O5. The Bertz CT molecular complexity index is 1120. The molecule has 0 spiro atoms. The minimum atomic E-state index is -0.855. The number of carboxylic acids is 1. The number of carbonyl (C=O) groups excluding carboxylic acids is 2. The number of nitrogens with one attached hydrogen (secondary N) is 1. The summed E-state index contributed by atoms with van der Waals surface area (Å²) in [6.07, 6.45) is 1.34. The van der Waals surface area contributed by atoms with Gasteiger partial charge in [-0.2, -0.15) is 0 Å². The lowest BCUT2D eigenvalue weighted by Crippen LogP contribution is -2.56. The van der Waals surface area contributed by atoms with Crippen molar-refractivity contribution in [3.05, 3.63) is 59.7 Å². The van der Waals surface area contributed by atoms with E-state index in [0.29, 0.717) is 12.8 Å². The summed E-state index contributed by atoms with van der Waals surface area (Å²) >= 11 is 0. The van der Waals surface area contributed by atoms with E-state index < -0.39 is 29.4 Å². The largest absolute Gasteiger partial charge is 0.481 e. The van der Waals surface area contributed by atoms with Crippen LogP contribution in [-0.2, 0) is 14.3 Å². The predicted octanol–water partition coefficient (Wildman–Crippen LogP) is 4.40. The first kappa shape index (κ1) is 23.4. The molecule has 0 unspecified atom stereocenters. The van der Waals surface area contributed by atoms with Gasteiger partial charge in [0.2, 0.25) is 5.91 Å². The average molecular weight is 477 g/mol. The van der Waals surface area contributed by atoms with E-state index in [9.17, 15) is 19.5 Å². The number of carbonyl (C=O) groups is 3. The number of fused-ring (bicyclic) bond motifs is 5. The normalized spacial score (nSPS) is 23.5. The van der Waals surface area contributed by atoms with Crippen molar-refractivity contribution in [2.45, 2.75) is 64.1 Å². The molecule has 2 N–H and O–H groups in total. The number of amides is 2. The van der Waals surface area contributed by atoms with E-state index in [2.05, 4.69) is 29.6 Å². The fourth-order valence-electron chi connectivity index (χ4n) is 6.15. The van der Waals surface area contributed by atoms with E-state index >= 15 is 0 Å². The molecule has 0 aromatic heterocycles. The second-order valence-corrected chi connectivity index (χ2v) is 11.0. The van der Waals surface area contributed by atoms with Crippen LogP contribution in [0.4, 0.5) is 4.79 Å². The Kier molecular flexibility index (Phi) is 5.82. The van der Waals surface area contributed by atoms with Crippen molar-refractivity contribution in [1.82, 2.24) is 10.2 Å². The molecule has 2 saturated heterocycles. The van der Waals surface area contributed by atoms with Crippen molar-refractivity contribution in [1.29, 1.82) is 0 Å². The predicted molar refractivity (Wildman–Crippen MR) is 131 cm³/mol. The van der Waals surface area contributed by atoms with Gasteiger partial charge < -0.3 is 20.1 Å². The molecule has 7 heteroatoms. The monoisotopic (exact) mass is 476 g/mol. The number of rotatable bonds is 5. The van der Waals surface area contributed by atoms with Gasteiger partial charge in [0.1, 0.15) is 12.6 Å². The van der Waals surface area contributed by atoms with Gasteiger partial charge in [-0.25, -0.2) is 4.79 Å². The number of nitrogens with zero attached hydrogens (tertiary/aromatic N) is 1. The Morgan fingerprint density at radius 3 is 2.17 bits per heavy atom. The van der Waals surface area contributed by atoms with Crippen molar-refractivity contribution in [3.8, 4) is 11.1 Å². The van der Waals surface area contributed by atoms with Crippen molar-refractivity contribution in [2.24, 2.45) is 11.3 Å². The molecule has 2 bridgehead atoms. The number of aliphatic carboxylic acids is 1. The first-order valence-electron chi connectivity index (χ1n) is 12.3. The molecule has 2 amide bonds. The van der Waals surface area contributed by atoms with E-state index in [1.165, 1.54) is 0 Å². The zero-order valence-corrected chi connectivity index (χ0v) is 20.4. The van der Waals surface area contributed by atoms with Gasteiger partial charge in [0.15, 0.2) is 0 Å². The summed E-state index contributed by atoms with van der Waals surface area (Å²) in [6, 6.07) is 15.1. The number of carboxylic acid groups (broad SMARTS) is 1. The molecule has 3 aliphatic rings. The van der Waals surface area contributed by atoms with Crippen LogP contribution in [0.15, 0.2) is 48.5 Å². The standard InChI is InChI=1S/C28H32N2O5/c1-28(2,3)24(25(31)30-16-12-13-23(30)21(14-16)26(32)33)29-27(34)35-15-22-19-10-6-4-8-17(19)18-9-5-7-11-20(18)22/h4-11,16,21-24H,12-15H2,1-3H3,(H,29,34)(H,32,33)/t16-,21+,23+,24-/m1/s1. The molecule has 2 fully saturated rings. The van der Waals surface area contributed by atoms with Crippen LogP contribution in [0.25, 0.3) is 11.1 Å². The van der Waals surface area contributed by atoms with Crippen LogP contribution in [-0.4, -0.2) is 52.7 Å². The molecule has 4 atom stereocenters. The maximum Gasteiger partial charge on any atom is 0.407 e. The lowest BCUT2D eigenvalue weighted by atomic mass is 9.85. The van der Waals surface area contributed by atoms with Gasteiger partial charge in [-0.3, -0.25) is 9.59 Å². The van der Waals surface area contributed by atoms with Crippen molar-refractivity contribution in [2.75, 3.05) is 6.61 Å². The Morgan fingerprint density at radius 1 is 1.03 bits per heavy atom. The van der Waals surface area contributed by atoms with Gasteiger partial charge in [0.25, 0.3) is 0 Å². The Morgan fingerprint density at radius 2 is 1.63 bits per heavy atom. The summed E-state index contributed by atoms with van der Waals surface area (Å²) in [5, 5.41) is 12.4. The van der Waals surface area contributed by atoms with Gasteiger partial charge in [-0.15, -0.1) is 0 Å². The minimum Gasteiger partial charge on any atom is -0.481 e. The number of hydrogen-bond donors (Lipinski definition) is 2. The molecule has 2 aromatic rings. The summed E-state index contributed by atoms with van der Waals surface area (Å²) in [4.78, 5) is 39.9. The van der Waals surface area contributed by atoms with Gasteiger partial charge in [-0.1, -0.05) is 69.3 Å². The Balaban J connectivity index is 1.29. The van der Waals surface area contributed by atoms with Crippen molar-refractivity contribution in [3.63, 3.8) is 0 Å². The maximum absolute atomic E-state index is 13.6. The highest BCUT2D eigenvalue weighted by atomic mass is 16.5. The third-order valence-corrected chi connectivity index (χ3v) is 7.83. The van der Waals surface area contributed by atoms with Gasteiger partial charge in [0, 0.05) is 18.0 Å². The molecule has 184 valence electrons. The topological polar surface area (TPSA) is 95.9 Å². The van der Waals surface area contributed by atoms with Crippen LogP contribution in [0.3, 0.4) is 0 Å². The fraction of sp³-hybridized carbons (Fsp3) is 0.464. The molecule has 1 aliphatic carbocycles. The Hall–Kier alpha value is -3.35. The molecule has 0 saturated carbocycles. The van der Waals surface area contributed by atoms with Gasteiger partial charge in [-0.05, 0) is 46.9 Å². The van der Waals surface area contributed by atoms with Crippen LogP contribution in [0, 0.1) is 11.3 Å². The van der Waals surface area contributed by atoms with E-state index in [1.54, 1.807) is 4.90 Å². The highest BCUT2D eigenvalue weighted by Crippen LogP contribution is 2.45. The third kappa shape index (κ3) is 4.07. The quantitative estimate of drug-likeness (QED) is 0.667. The lowest BCUT2D eigenvalue weighted by Gasteiger charge is -2.35. The summed E-state index contributed by atoms with van der Waals surface area (Å²) in [6.45, 7) is 5.85. The average Bonchev–Trinajstić information content (AvgIpc) is 3.50. The summed E-state index contributed by atoms with van der Waals surface area (Å²) in [7, 11) is 0. The third-order valence-electron chi connectivity index (χ3n) is 7.83. The minimum absolute atomic E-state index is 0.0670. The molecule has 7 nitrogen and oxygen atoms in total. The first-order chi connectivity index (χ1) is 16.7. The highest BCUT2D eigenvalue weighted by molar-refractivity contribution is 5.88. The molecular weight excluding hydrogens is 444 g/mol. The number of hydrogen-bond acceptors (Lipinski definition) is 4. The zero-order valence-electron chi connectivity index (χ0n) is 20.4. The van der Waals surface area contributed by atoms with Crippen LogP contribution in [0.5, 0.6) is 0 Å². The lowest BCUT2D eigenvalue weighted by molar-refractivity contribution is -0.143. The number of ether oxygens (including phenoxy) is 1. The zero-order chi connectivity index (χ0) is 24.9. The second-order valence-electron chi connectivity index (χ2n) is 11.0. The molecule has 2 heterocycles. The second kappa shape index (κ2) is 8.70. The highest BCUT2D eigenvalue weighted by Gasteiger charge is 2.53. The number of alkyl carbamates (subject to hydrolysis) is 1. The van der Waals surface area contributed by atoms with Crippen molar-refractivity contribution < 1.29 is 24.2 Å². The van der Waals surface area contributed by atoms with Crippen LogP contribution < -0.4 is 5.32 Å². The van der Waals surface area contributed by atoms with Gasteiger partial charge >= 0.3 is 12.1 Å². The fourth-order valence-corrected chi connectivity index (χ4v) is 6.15. The summed E-state index contributed by atoms with van der Waals surface area (Å²) in [5.74, 6) is -1.68. The van der Waals surface area contributed by atoms with Crippen LogP contribution in [0.1, 0.15) is 57.1 Å². The first-order valence-corrected chi connectivity index (χ1v) is 12.3. The summed E-state index contributed by atoms with van der Waals surface area (Å²) < 4.78 is 5.69. The Labute approximate surface area is 205 Å². The van der Waals surface area contributed by atoms with Gasteiger partial charge in [0.05, 0.1) is 5.92 Å². The van der Waals surface area contributed by atoms with Crippen LogP contribution in [0.2, 0.25) is 0 Å². The van der Waals surface area contributed by atoms with Crippen molar-refractivity contribution >= 4 is 18.0 Å². The van der Waals surface area contributed by atoms with E-state index in [1.807, 2.05) is 45.0 Å². The molecule has 35 heavy (non-hydrogen) atoms. The number of benzene rings is 2.